The van der Waals surface area contributed by atoms with Crippen molar-refractivity contribution in [3.05, 3.63) is 54.6 Å². The number of para-hydroxylation sites is 2. The van der Waals surface area contributed by atoms with Crippen molar-refractivity contribution >= 4 is 21.7 Å². The largest absolute Gasteiger partial charge is 0.486 e. The van der Waals surface area contributed by atoms with Crippen molar-refractivity contribution in [2.24, 2.45) is 0 Å². The molecule has 0 aromatic heterocycles. The molecule has 0 saturated heterocycles. The lowest BCUT2D eigenvalue weighted by Gasteiger charge is -2.34. The van der Waals surface area contributed by atoms with Crippen molar-refractivity contribution in [2.75, 3.05) is 10.8 Å². The second kappa shape index (κ2) is 5.92. The summed E-state index contributed by atoms with van der Waals surface area (Å²) in [5, 5.41) is 8.97. The summed E-state index contributed by atoms with van der Waals surface area (Å²) < 4.78 is 32.6. The van der Waals surface area contributed by atoms with Crippen LogP contribution in [-0.4, -0.2) is 32.1 Å². The number of hydrogen-bond donors (Lipinski definition) is 1. The maximum absolute atomic E-state index is 12.9. The molecule has 3 rings (SSSR count). The Kier molecular flexibility index (Phi) is 3.96. The molecule has 2 aromatic carbocycles. The molecule has 1 atom stereocenters. The van der Waals surface area contributed by atoms with Gasteiger partial charge in [0.25, 0.3) is 10.0 Å². The predicted octanol–water partition coefficient (Wildman–Crippen LogP) is 2.12. The van der Waals surface area contributed by atoms with Crippen LogP contribution in [0.15, 0.2) is 59.5 Å². The zero-order valence-electron chi connectivity index (χ0n) is 12.1. The normalized spacial score (nSPS) is 17.2. The molecule has 0 radical (unpaired) electrons. The number of benzene rings is 2. The number of hydrogen-bond acceptors (Lipinski definition) is 4. The summed E-state index contributed by atoms with van der Waals surface area (Å²) in [6.45, 7) is -0.0411. The number of carbonyl (C=O) groups is 1. The number of carboxylic acids is 1. The van der Waals surface area contributed by atoms with E-state index in [1.54, 1.807) is 42.5 Å². The van der Waals surface area contributed by atoms with E-state index in [-0.39, 0.29) is 17.9 Å². The van der Waals surface area contributed by atoms with Gasteiger partial charge >= 0.3 is 5.97 Å². The number of sulfonamides is 1. The average molecular weight is 333 g/mol. The number of rotatable bonds is 4. The summed E-state index contributed by atoms with van der Waals surface area (Å²) in [5.41, 5.74) is 0.415. The molecule has 6 nitrogen and oxygen atoms in total. The van der Waals surface area contributed by atoms with E-state index in [1.165, 1.54) is 16.4 Å². The molecule has 0 aliphatic carbocycles. The number of nitrogens with zero attached hydrogens (tertiary/aromatic N) is 1. The van der Waals surface area contributed by atoms with E-state index in [4.69, 9.17) is 9.84 Å². The Labute approximate surface area is 134 Å². The van der Waals surface area contributed by atoms with Crippen molar-refractivity contribution in [3.63, 3.8) is 0 Å². The minimum Gasteiger partial charge on any atom is -0.486 e. The minimum absolute atomic E-state index is 0.0411. The summed E-state index contributed by atoms with van der Waals surface area (Å²) in [7, 11) is -3.78. The lowest BCUT2D eigenvalue weighted by atomic mass is 10.2. The Balaban J connectivity index is 2.05. The van der Waals surface area contributed by atoms with Crippen LogP contribution in [0.2, 0.25) is 0 Å². The van der Waals surface area contributed by atoms with Crippen LogP contribution in [0, 0.1) is 0 Å². The quantitative estimate of drug-likeness (QED) is 0.926. The van der Waals surface area contributed by atoms with Gasteiger partial charge in [0.05, 0.1) is 23.5 Å². The van der Waals surface area contributed by atoms with Gasteiger partial charge in [-0.05, 0) is 24.3 Å². The van der Waals surface area contributed by atoms with Crippen LogP contribution in [0.4, 0.5) is 5.69 Å². The first-order valence-corrected chi connectivity index (χ1v) is 8.48. The summed E-state index contributed by atoms with van der Waals surface area (Å²) in [6, 6.07) is 14.8. The smallest absolute Gasteiger partial charge is 0.307 e. The van der Waals surface area contributed by atoms with E-state index in [0.717, 1.165) is 0 Å². The number of carboxylic acid groups (broad SMARTS) is 1. The molecule has 23 heavy (non-hydrogen) atoms. The summed E-state index contributed by atoms with van der Waals surface area (Å²) >= 11 is 0. The Morgan fingerprint density at radius 3 is 2.48 bits per heavy atom. The maximum Gasteiger partial charge on any atom is 0.307 e. The molecule has 1 aliphatic rings. The summed E-state index contributed by atoms with van der Waals surface area (Å²) in [6.07, 6.45) is -1.00. The standard InChI is InChI=1S/C16H15NO5S/c18-16(19)10-12-11-17(14-8-4-5-9-15(14)22-12)23(20,21)13-6-2-1-3-7-13/h1-9,12H,10-11H2,(H,18,19)/t12-/m0/s1. The first kappa shape index (κ1) is 15.4. The van der Waals surface area contributed by atoms with Gasteiger partial charge in [-0.3, -0.25) is 9.10 Å². The van der Waals surface area contributed by atoms with Gasteiger partial charge in [0, 0.05) is 0 Å². The highest BCUT2D eigenvalue weighted by Gasteiger charge is 2.35. The molecule has 7 heteroatoms. The molecule has 1 aliphatic heterocycles. The van der Waals surface area contributed by atoms with E-state index in [2.05, 4.69) is 0 Å². The SMILES string of the molecule is O=C(O)C[C@H]1CN(S(=O)(=O)c2ccccc2)c2ccccc2O1. The zero-order chi connectivity index (χ0) is 16.4. The molecule has 0 fully saturated rings. The van der Waals surface area contributed by atoms with Crippen LogP contribution in [0.1, 0.15) is 6.42 Å². The summed E-state index contributed by atoms with van der Waals surface area (Å²) in [5.74, 6) is -0.670. The molecule has 120 valence electrons. The number of aliphatic carboxylic acids is 1. The molecule has 0 amide bonds. The average Bonchev–Trinajstić information content (AvgIpc) is 2.54. The predicted molar refractivity (Wildman–Crippen MR) is 84.1 cm³/mol. The number of anilines is 1. The van der Waals surface area contributed by atoms with Gasteiger partial charge in [0.15, 0.2) is 0 Å². The highest BCUT2D eigenvalue weighted by molar-refractivity contribution is 7.92. The monoisotopic (exact) mass is 333 g/mol. The zero-order valence-corrected chi connectivity index (χ0v) is 12.9. The Morgan fingerprint density at radius 1 is 1.13 bits per heavy atom. The van der Waals surface area contributed by atoms with Crippen molar-refractivity contribution in [1.29, 1.82) is 0 Å². The third-order valence-electron chi connectivity index (χ3n) is 3.53. The fraction of sp³-hybridized carbons (Fsp3) is 0.188. The fourth-order valence-corrected chi connectivity index (χ4v) is 4.04. The molecule has 1 heterocycles. The molecule has 2 aromatic rings. The molecule has 1 N–H and O–H groups in total. The molecule has 0 saturated carbocycles. The van der Waals surface area contributed by atoms with E-state index < -0.39 is 22.1 Å². The van der Waals surface area contributed by atoms with Gasteiger partial charge in [-0.1, -0.05) is 30.3 Å². The Morgan fingerprint density at radius 2 is 1.78 bits per heavy atom. The molecule has 0 bridgehead atoms. The van der Waals surface area contributed by atoms with Crippen molar-refractivity contribution in [3.8, 4) is 5.75 Å². The summed E-state index contributed by atoms with van der Waals surface area (Å²) in [4.78, 5) is 11.1. The Hall–Kier alpha value is -2.54. The van der Waals surface area contributed by atoms with Gasteiger partial charge in [-0.15, -0.1) is 0 Å². The lowest BCUT2D eigenvalue weighted by Crippen LogP contribution is -2.44. The molecule has 0 unspecified atom stereocenters. The second-order valence-electron chi connectivity index (χ2n) is 5.15. The van der Waals surface area contributed by atoms with Gasteiger partial charge in [-0.2, -0.15) is 0 Å². The first-order chi connectivity index (χ1) is 11.0. The maximum atomic E-state index is 12.9. The van der Waals surface area contributed by atoms with Crippen LogP contribution in [0.5, 0.6) is 5.75 Å². The minimum atomic E-state index is -3.78. The number of fused-ring (bicyclic) bond motifs is 1. The third-order valence-corrected chi connectivity index (χ3v) is 5.32. The topological polar surface area (TPSA) is 83.9 Å². The van der Waals surface area contributed by atoms with Crippen molar-refractivity contribution < 1.29 is 23.1 Å². The van der Waals surface area contributed by atoms with Gasteiger partial charge in [-0.25, -0.2) is 8.42 Å². The van der Waals surface area contributed by atoms with Crippen LogP contribution in [-0.2, 0) is 14.8 Å². The molecule has 0 spiro atoms. The van der Waals surface area contributed by atoms with Crippen LogP contribution in [0.25, 0.3) is 0 Å². The number of ether oxygens (including phenoxy) is 1. The van der Waals surface area contributed by atoms with E-state index >= 15 is 0 Å². The highest BCUT2D eigenvalue weighted by Crippen LogP contribution is 2.37. The van der Waals surface area contributed by atoms with Gasteiger partial charge in [0.1, 0.15) is 11.9 Å². The van der Waals surface area contributed by atoms with Crippen LogP contribution < -0.4 is 9.04 Å². The fourth-order valence-electron chi connectivity index (χ4n) is 2.51. The Bertz CT molecular complexity index is 819. The van der Waals surface area contributed by atoms with E-state index in [0.29, 0.717) is 11.4 Å². The molecular weight excluding hydrogens is 318 g/mol. The van der Waals surface area contributed by atoms with Crippen LogP contribution >= 0.6 is 0 Å². The van der Waals surface area contributed by atoms with Crippen molar-refractivity contribution in [2.45, 2.75) is 17.4 Å². The highest BCUT2D eigenvalue weighted by atomic mass is 32.2. The lowest BCUT2D eigenvalue weighted by molar-refractivity contribution is -0.138. The van der Waals surface area contributed by atoms with E-state index in [1.807, 2.05) is 0 Å². The van der Waals surface area contributed by atoms with Gasteiger partial charge < -0.3 is 9.84 Å². The van der Waals surface area contributed by atoms with Crippen molar-refractivity contribution in [1.82, 2.24) is 0 Å². The first-order valence-electron chi connectivity index (χ1n) is 7.04. The van der Waals surface area contributed by atoms with Gasteiger partial charge in [0.2, 0.25) is 0 Å². The third kappa shape index (κ3) is 3.00. The van der Waals surface area contributed by atoms with Crippen LogP contribution in [0.3, 0.4) is 0 Å². The van der Waals surface area contributed by atoms with E-state index in [9.17, 15) is 13.2 Å². The second-order valence-corrected chi connectivity index (χ2v) is 7.02. The molecular formula is C16H15NO5S.